The molecule has 1 N–H and O–H groups in total. The Morgan fingerprint density at radius 1 is 1.54 bits per heavy atom. The minimum atomic E-state index is -0.627. The summed E-state index contributed by atoms with van der Waals surface area (Å²) in [5, 5.41) is 19.5. The van der Waals surface area contributed by atoms with Gasteiger partial charge in [-0.1, -0.05) is 11.6 Å². The molecule has 1 rings (SSSR count). The second-order valence-electron chi connectivity index (χ2n) is 2.32. The van der Waals surface area contributed by atoms with E-state index in [0.717, 1.165) is 12.1 Å². The smallest absolute Gasteiger partial charge is 0.288 e. The van der Waals surface area contributed by atoms with Crippen LogP contribution in [0.15, 0.2) is 12.1 Å². The Labute approximate surface area is 83.9 Å². The summed E-state index contributed by atoms with van der Waals surface area (Å²) in [5.41, 5.74) is 0.0351. The molecule has 0 aliphatic rings. The minimum Gasteiger partial charge on any atom is -0.508 e. The van der Waals surface area contributed by atoms with E-state index in [4.69, 9.17) is 23.2 Å². The fourth-order valence-corrected chi connectivity index (χ4v) is 1.28. The number of benzene rings is 1. The van der Waals surface area contributed by atoms with Crippen LogP contribution in [-0.4, -0.2) is 10.0 Å². The molecule has 13 heavy (non-hydrogen) atoms. The fraction of sp³-hybridized carbons (Fsp3) is 0.143. The zero-order chi connectivity index (χ0) is 10.0. The van der Waals surface area contributed by atoms with Crippen LogP contribution in [0.4, 0.5) is 5.69 Å². The second-order valence-corrected chi connectivity index (χ2v) is 3.00. The summed E-state index contributed by atoms with van der Waals surface area (Å²) < 4.78 is 0. The quantitative estimate of drug-likeness (QED) is 0.475. The van der Waals surface area contributed by atoms with E-state index in [1.165, 1.54) is 0 Å². The number of nitrogens with zero attached hydrogens (tertiary/aromatic N) is 1. The van der Waals surface area contributed by atoms with Crippen molar-refractivity contribution in [1.29, 1.82) is 0 Å². The Kier molecular flexibility index (Phi) is 2.95. The van der Waals surface area contributed by atoms with Gasteiger partial charge >= 0.3 is 0 Å². The predicted octanol–water partition coefficient (Wildman–Crippen LogP) is 2.69. The molecule has 0 aliphatic heterocycles. The molecule has 0 unspecified atom stereocenters. The Morgan fingerprint density at radius 3 is 2.62 bits per heavy atom. The van der Waals surface area contributed by atoms with Gasteiger partial charge in [0.2, 0.25) is 0 Å². The molecule has 0 heterocycles. The molecule has 4 nitrogen and oxygen atoms in total. The van der Waals surface area contributed by atoms with Gasteiger partial charge in [-0.3, -0.25) is 10.1 Å². The molecule has 0 saturated carbocycles. The average molecular weight is 222 g/mol. The molecule has 0 radical (unpaired) electrons. The number of halogens is 2. The molecule has 0 aliphatic carbocycles. The molecule has 0 fully saturated rings. The third-order valence-corrected chi connectivity index (χ3v) is 2.08. The first kappa shape index (κ1) is 10.1. The van der Waals surface area contributed by atoms with Crippen LogP contribution in [-0.2, 0) is 5.88 Å². The van der Waals surface area contributed by atoms with Crippen LogP contribution < -0.4 is 0 Å². The van der Waals surface area contributed by atoms with Gasteiger partial charge in [0, 0.05) is 17.7 Å². The van der Waals surface area contributed by atoms with Gasteiger partial charge in [-0.15, -0.1) is 11.6 Å². The number of nitro groups is 1. The summed E-state index contributed by atoms with van der Waals surface area (Å²) in [7, 11) is 0. The van der Waals surface area contributed by atoms with E-state index in [1.807, 2.05) is 0 Å². The van der Waals surface area contributed by atoms with Crippen LogP contribution in [0.1, 0.15) is 5.56 Å². The number of hydrogen-bond donors (Lipinski definition) is 1. The van der Waals surface area contributed by atoms with E-state index in [2.05, 4.69) is 0 Å². The maximum absolute atomic E-state index is 10.4. The van der Waals surface area contributed by atoms with Gasteiger partial charge in [0.1, 0.15) is 10.8 Å². The number of nitro benzene ring substituents is 1. The molecule has 0 atom stereocenters. The van der Waals surface area contributed by atoms with Gasteiger partial charge in [-0.05, 0) is 0 Å². The first-order valence-electron chi connectivity index (χ1n) is 3.28. The normalized spacial score (nSPS) is 10.0. The van der Waals surface area contributed by atoms with Crippen molar-refractivity contribution < 1.29 is 10.0 Å². The summed E-state index contributed by atoms with van der Waals surface area (Å²) in [5.74, 6) is -0.130. The van der Waals surface area contributed by atoms with Gasteiger partial charge in [-0.25, -0.2) is 0 Å². The molecule has 0 saturated heterocycles. The highest BCUT2D eigenvalue weighted by Gasteiger charge is 2.15. The molecule has 0 spiro atoms. The minimum absolute atomic E-state index is 0.00381. The van der Waals surface area contributed by atoms with Crippen molar-refractivity contribution in [2.45, 2.75) is 5.88 Å². The number of hydrogen-bond acceptors (Lipinski definition) is 3. The van der Waals surface area contributed by atoms with Gasteiger partial charge in [0.15, 0.2) is 0 Å². The monoisotopic (exact) mass is 221 g/mol. The predicted molar refractivity (Wildman–Crippen MR) is 49.3 cm³/mol. The van der Waals surface area contributed by atoms with Crippen molar-refractivity contribution >= 4 is 28.9 Å². The fourth-order valence-electron chi connectivity index (χ4n) is 0.842. The summed E-state index contributed by atoms with van der Waals surface area (Å²) in [6, 6.07) is 2.27. The van der Waals surface area contributed by atoms with E-state index >= 15 is 0 Å². The Balaban J connectivity index is 3.30. The highest BCUT2D eigenvalue weighted by Crippen LogP contribution is 2.32. The molecule has 70 valence electrons. The Bertz CT molecular complexity index is 354. The van der Waals surface area contributed by atoms with E-state index in [-0.39, 0.29) is 27.9 Å². The van der Waals surface area contributed by atoms with Gasteiger partial charge in [0.25, 0.3) is 5.69 Å². The maximum Gasteiger partial charge on any atom is 0.288 e. The number of alkyl halides is 1. The van der Waals surface area contributed by atoms with Crippen molar-refractivity contribution in [2.75, 3.05) is 0 Å². The highest BCUT2D eigenvalue weighted by molar-refractivity contribution is 6.32. The first-order valence-corrected chi connectivity index (χ1v) is 4.19. The number of phenols is 1. The van der Waals surface area contributed by atoms with Gasteiger partial charge in [0.05, 0.1) is 10.8 Å². The van der Waals surface area contributed by atoms with Crippen LogP contribution in [0.5, 0.6) is 5.75 Å². The van der Waals surface area contributed by atoms with Gasteiger partial charge < -0.3 is 5.11 Å². The summed E-state index contributed by atoms with van der Waals surface area (Å²) in [4.78, 5) is 9.77. The lowest BCUT2D eigenvalue weighted by atomic mass is 10.2. The molecule has 0 aromatic heterocycles. The van der Waals surface area contributed by atoms with Crippen molar-refractivity contribution in [3.05, 3.63) is 32.8 Å². The Hall–Kier alpha value is -1.00. The van der Waals surface area contributed by atoms with Crippen molar-refractivity contribution in [3.63, 3.8) is 0 Å². The van der Waals surface area contributed by atoms with Crippen LogP contribution in [0.3, 0.4) is 0 Å². The van der Waals surface area contributed by atoms with E-state index in [0.29, 0.717) is 0 Å². The van der Waals surface area contributed by atoms with Gasteiger partial charge in [-0.2, -0.15) is 0 Å². The number of phenolic OH excluding ortho intramolecular Hbond substituents is 1. The molecular weight excluding hydrogens is 217 g/mol. The van der Waals surface area contributed by atoms with Crippen LogP contribution in [0.25, 0.3) is 0 Å². The summed E-state index contributed by atoms with van der Waals surface area (Å²) in [6.07, 6.45) is 0. The van der Waals surface area contributed by atoms with Crippen LogP contribution in [0, 0.1) is 10.1 Å². The highest BCUT2D eigenvalue weighted by atomic mass is 35.5. The molecule has 0 bridgehead atoms. The SMILES string of the molecule is O=[N+]([O-])c1cc(CCl)c(O)cc1Cl. The molecule has 1 aromatic rings. The third-order valence-electron chi connectivity index (χ3n) is 1.49. The van der Waals surface area contributed by atoms with Crippen molar-refractivity contribution in [1.82, 2.24) is 0 Å². The Morgan fingerprint density at radius 2 is 2.15 bits per heavy atom. The van der Waals surface area contributed by atoms with Crippen LogP contribution in [0.2, 0.25) is 5.02 Å². The standard InChI is InChI=1S/C7H5Cl2NO3/c8-3-4-1-6(10(12)13)5(9)2-7(4)11/h1-2,11H,3H2. The lowest BCUT2D eigenvalue weighted by Crippen LogP contribution is -1.91. The summed E-state index contributed by atoms with van der Waals surface area (Å²) in [6.45, 7) is 0. The lowest BCUT2D eigenvalue weighted by molar-refractivity contribution is -0.384. The molecule has 6 heteroatoms. The van der Waals surface area contributed by atoms with E-state index in [9.17, 15) is 15.2 Å². The van der Waals surface area contributed by atoms with Crippen LogP contribution >= 0.6 is 23.2 Å². The number of aromatic hydroxyl groups is 1. The molecular formula is C7H5Cl2NO3. The molecule has 0 amide bonds. The summed E-state index contributed by atoms with van der Waals surface area (Å²) >= 11 is 10.9. The maximum atomic E-state index is 10.4. The average Bonchev–Trinajstić information content (AvgIpc) is 2.03. The lowest BCUT2D eigenvalue weighted by Gasteiger charge is -2.01. The van der Waals surface area contributed by atoms with Crippen molar-refractivity contribution in [2.24, 2.45) is 0 Å². The zero-order valence-electron chi connectivity index (χ0n) is 6.33. The molecule has 1 aromatic carbocycles. The van der Waals surface area contributed by atoms with Crippen molar-refractivity contribution in [3.8, 4) is 5.75 Å². The van der Waals surface area contributed by atoms with E-state index in [1.54, 1.807) is 0 Å². The number of rotatable bonds is 2. The third kappa shape index (κ3) is 2.02. The second kappa shape index (κ2) is 3.81. The largest absolute Gasteiger partial charge is 0.508 e. The topological polar surface area (TPSA) is 63.4 Å². The zero-order valence-corrected chi connectivity index (χ0v) is 7.84. The first-order chi connectivity index (χ1) is 6.06. The van der Waals surface area contributed by atoms with E-state index < -0.39 is 4.92 Å².